The van der Waals surface area contributed by atoms with Crippen molar-refractivity contribution < 1.29 is 4.74 Å². The second-order valence-corrected chi connectivity index (χ2v) is 4.98. The normalized spacial score (nSPS) is 20.7. The predicted molar refractivity (Wildman–Crippen MR) is 75.3 cm³/mol. The Morgan fingerprint density at radius 2 is 2.29 bits per heavy atom. The lowest BCUT2D eigenvalue weighted by Gasteiger charge is -2.13. The van der Waals surface area contributed by atoms with Crippen molar-refractivity contribution in [3.63, 3.8) is 0 Å². The van der Waals surface area contributed by atoms with Gasteiger partial charge in [0.2, 0.25) is 0 Å². The molecule has 98 valence electrons. The van der Waals surface area contributed by atoms with E-state index in [1.165, 1.54) is 0 Å². The summed E-state index contributed by atoms with van der Waals surface area (Å²) in [5, 5.41) is 8.02. The van der Waals surface area contributed by atoms with Crippen LogP contribution in [0.5, 0.6) is 0 Å². The van der Waals surface area contributed by atoms with E-state index in [4.69, 9.17) is 17.0 Å². The van der Waals surface area contributed by atoms with Crippen molar-refractivity contribution in [3.8, 4) is 0 Å². The summed E-state index contributed by atoms with van der Waals surface area (Å²) >= 11 is 5.16. The van der Waals surface area contributed by atoms with E-state index in [1.54, 1.807) is 0 Å². The van der Waals surface area contributed by atoms with E-state index < -0.39 is 0 Å². The minimum Gasteiger partial charge on any atom is -0.376 e. The summed E-state index contributed by atoms with van der Waals surface area (Å²) in [7, 11) is 0. The van der Waals surface area contributed by atoms with Gasteiger partial charge in [0.15, 0.2) is 5.11 Å². The average molecular weight is 257 g/mol. The smallest absolute Gasteiger partial charge is 0.187 e. The third kappa shape index (κ3) is 5.46. The van der Waals surface area contributed by atoms with E-state index in [1.807, 2.05) is 0 Å². The molecule has 0 aliphatic carbocycles. The van der Waals surface area contributed by atoms with Gasteiger partial charge in [-0.2, -0.15) is 5.10 Å². The second kappa shape index (κ2) is 7.61. The first-order valence-electron chi connectivity index (χ1n) is 6.35. The third-order valence-corrected chi connectivity index (χ3v) is 3.08. The molecule has 2 N–H and O–H groups in total. The van der Waals surface area contributed by atoms with Gasteiger partial charge in [0.25, 0.3) is 0 Å². The Hall–Kier alpha value is -0.680. The molecular weight excluding hydrogens is 234 g/mol. The molecule has 5 heteroatoms. The van der Waals surface area contributed by atoms with E-state index in [0.29, 0.717) is 17.1 Å². The molecule has 1 atom stereocenters. The lowest BCUT2D eigenvalue weighted by Crippen LogP contribution is -2.37. The Morgan fingerprint density at radius 3 is 2.82 bits per heavy atom. The standard InChI is InChI=1S/C12H23N3OS/c1-4-11(9(2)3)14-15-12(17)13-8-10-6-5-7-16-10/h9-10H,4-8H2,1-3H3,(H2,13,15,17)/b14-11-/t10-/m0/s1. The molecule has 1 saturated heterocycles. The first kappa shape index (κ1) is 14.4. The summed E-state index contributed by atoms with van der Waals surface area (Å²) in [6, 6.07) is 0. The fraction of sp³-hybridized carbons (Fsp3) is 0.833. The van der Waals surface area contributed by atoms with Gasteiger partial charge < -0.3 is 10.1 Å². The largest absolute Gasteiger partial charge is 0.376 e. The molecule has 0 bridgehead atoms. The Kier molecular flexibility index (Phi) is 6.44. The molecular formula is C12H23N3OS. The van der Waals surface area contributed by atoms with Crippen LogP contribution in [-0.4, -0.2) is 30.1 Å². The van der Waals surface area contributed by atoms with E-state index >= 15 is 0 Å². The number of rotatable bonds is 5. The molecule has 0 unspecified atom stereocenters. The van der Waals surface area contributed by atoms with Crippen molar-refractivity contribution >= 4 is 23.0 Å². The van der Waals surface area contributed by atoms with Crippen LogP contribution < -0.4 is 10.7 Å². The van der Waals surface area contributed by atoms with Crippen molar-refractivity contribution in [2.45, 2.75) is 46.1 Å². The lowest BCUT2D eigenvalue weighted by molar-refractivity contribution is 0.114. The van der Waals surface area contributed by atoms with Crippen molar-refractivity contribution in [3.05, 3.63) is 0 Å². The maximum absolute atomic E-state index is 5.50. The van der Waals surface area contributed by atoms with Crippen LogP contribution in [-0.2, 0) is 4.74 Å². The van der Waals surface area contributed by atoms with Gasteiger partial charge in [0.05, 0.1) is 6.10 Å². The number of hydrogen-bond acceptors (Lipinski definition) is 3. The first-order valence-corrected chi connectivity index (χ1v) is 6.76. The Bertz CT molecular complexity index is 273. The first-order chi connectivity index (χ1) is 8.13. The summed E-state index contributed by atoms with van der Waals surface area (Å²) < 4.78 is 5.50. The van der Waals surface area contributed by atoms with Gasteiger partial charge in [-0.25, -0.2) is 0 Å². The van der Waals surface area contributed by atoms with Crippen LogP contribution in [0, 0.1) is 5.92 Å². The molecule has 1 aliphatic heterocycles. The number of hydrogen-bond donors (Lipinski definition) is 2. The number of ether oxygens (including phenoxy) is 1. The molecule has 17 heavy (non-hydrogen) atoms. The number of nitrogens with one attached hydrogen (secondary N) is 2. The molecule has 0 spiro atoms. The van der Waals surface area contributed by atoms with Gasteiger partial charge in [-0.1, -0.05) is 20.8 Å². The minimum atomic E-state index is 0.300. The van der Waals surface area contributed by atoms with Gasteiger partial charge in [0.1, 0.15) is 0 Å². The van der Waals surface area contributed by atoms with E-state index in [-0.39, 0.29) is 0 Å². The molecule has 0 aromatic heterocycles. The third-order valence-electron chi connectivity index (χ3n) is 2.84. The molecule has 0 amide bonds. The second-order valence-electron chi connectivity index (χ2n) is 4.57. The Labute approximate surface area is 109 Å². The van der Waals surface area contributed by atoms with Crippen LogP contribution >= 0.6 is 12.2 Å². The van der Waals surface area contributed by atoms with Crippen molar-refractivity contribution in [2.24, 2.45) is 11.0 Å². The van der Waals surface area contributed by atoms with Crippen LogP contribution in [0.4, 0.5) is 0 Å². The zero-order valence-electron chi connectivity index (χ0n) is 11.0. The predicted octanol–water partition coefficient (Wildman–Crippen LogP) is 2.05. The van der Waals surface area contributed by atoms with E-state index in [9.17, 15) is 0 Å². The molecule has 0 saturated carbocycles. The summed E-state index contributed by atoms with van der Waals surface area (Å²) in [5.41, 5.74) is 4.02. The number of nitrogens with zero attached hydrogens (tertiary/aromatic N) is 1. The van der Waals surface area contributed by atoms with Crippen LogP contribution in [0.15, 0.2) is 5.10 Å². The molecule has 0 aromatic carbocycles. The van der Waals surface area contributed by atoms with Gasteiger partial charge >= 0.3 is 0 Å². The van der Waals surface area contributed by atoms with Gasteiger partial charge in [0, 0.05) is 18.9 Å². The summed E-state index contributed by atoms with van der Waals surface area (Å²) in [5.74, 6) is 0.452. The molecule has 1 rings (SSSR count). The van der Waals surface area contributed by atoms with Crippen molar-refractivity contribution in [1.29, 1.82) is 0 Å². The SMILES string of the molecule is CC/C(=N/NC(=S)NC[C@@H]1CCCO1)C(C)C. The zero-order chi connectivity index (χ0) is 12.7. The topological polar surface area (TPSA) is 45.7 Å². The molecule has 0 aromatic rings. The van der Waals surface area contributed by atoms with Crippen LogP contribution in [0.3, 0.4) is 0 Å². The Morgan fingerprint density at radius 1 is 1.53 bits per heavy atom. The highest BCUT2D eigenvalue weighted by molar-refractivity contribution is 7.80. The lowest BCUT2D eigenvalue weighted by atomic mass is 10.1. The van der Waals surface area contributed by atoms with Crippen molar-refractivity contribution in [1.82, 2.24) is 10.7 Å². The van der Waals surface area contributed by atoms with Crippen molar-refractivity contribution in [2.75, 3.05) is 13.2 Å². The van der Waals surface area contributed by atoms with E-state index in [2.05, 4.69) is 36.6 Å². The fourth-order valence-corrected chi connectivity index (χ4v) is 1.92. The molecule has 1 fully saturated rings. The van der Waals surface area contributed by atoms with Crippen LogP contribution in [0.1, 0.15) is 40.0 Å². The fourth-order valence-electron chi connectivity index (χ4n) is 1.79. The number of hydrazone groups is 1. The summed E-state index contributed by atoms with van der Waals surface area (Å²) in [6.45, 7) is 8.01. The molecule has 0 radical (unpaired) electrons. The monoisotopic (exact) mass is 257 g/mol. The van der Waals surface area contributed by atoms with Gasteiger partial charge in [-0.3, -0.25) is 5.43 Å². The van der Waals surface area contributed by atoms with Gasteiger partial charge in [-0.15, -0.1) is 0 Å². The summed E-state index contributed by atoms with van der Waals surface area (Å²) in [4.78, 5) is 0. The highest BCUT2D eigenvalue weighted by Gasteiger charge is 2.15. The van der Waals surface area contributed by atoms with Crippen LogP contribution in [0.2, 0.25) is 0 Å². The zero-order valence-corrected chi connectivity index (χ0v) is 11.8. The Balaban J connectivity index is 2.23. The van der Waals surface area contributed by atoms with E-state index in [0.717, 1.165) is 38.1 Å². The maximum atomic E-state index is 5.50. The summed E-state index contributed by atoms with van der Waals surface area (Å²) in [6.07, 6.45) is 3.51. The highest BCUT2D eigenvalue weighted by atomic mass is 32.1. The highest BCUT2D eigenvalue weighted by Crippen LogP contribution is 2.10. The quantitative estimate of drug-likeness (QED) is 0.449. The molecule has 1 heterocycles. The van der Waals surface area contributed by atoms with Crippen LogP contribution in [0.25, 0.3) is 0 Å². The molecule has 1 aliphatic rings. The maximum Gasteiger partial charge on any atom is 0.187 e. The minimum absolute atomic E-state index is 0.300. The van der Waals surface area contributed by atoms with Gasteiger partial charge in [-0.05, 0) is 37.4 Å². The number of thiocarbonyl (C=S) groups is 1. The average Bonchev–Trinajstić information content (AvgIpc) is 2.79. The molecule has 4 nitrogen and oxygen atoms in total.